The van der Waals surface area contributed by atoms with Crippen LogP contribution >= 0.6 is 0 Å². The first-order valence-corrected chi connectivity index (χ1v) is 26.1. The predicted molar refractivity (Wildman–Crippen MR) is 255 cm³/mol. The van der Waals surface area contributed by atoms with Gasteiger partial charge in [-0.25, -0.2) is 0 Å². The van der Waals surface area contributed by atoms with E-state index < -0.39 is 12.1 Å². The van der Waals surface area contributed by atoms with Crippen LogP contribution in [0.4, 0.5) is 0 Å². The number of carbonyl (C=O) groups excluding carboxylic acids is 2. The Morgan fingerprint density at radius 1 is 0.458 bits per heavy atom. The molecular formula is C53H101NO5. The Balaban J connectivity index is 3.48. The molecule has 6 heteroatoms. The highest BCUT2D eigenvalue weighted by molar-refractivity contribution is 5.76. The molecule has 0 aliphatic heterocycles. The zero-order valence-corrected chi connectivity index (χ0v) is 39.5. The van der Waals surface area contributed by atoms with E-state index in [9.17, 15) is 19.8 Å². The van der Waals surface area contributed by atoms with Crippen molar-refractivity contribution < 1.29 is 24.5 Å². The Morgan fingerprint density at radius 3 is 1.25 bits per heavy atom. The molecule has 6 nitrogen and oxygen atoms in total. The van der Waals surface area contributed by atoms with Gasteiger partial charge >= 0.3 is 5.97 Å². The van der Waals surface area contributed by atoms with Gasteiger partial charge in [0.05, 0.1) is 25.4 Å². The number of amides is 1. The molecule has 2 unspecified atom stereocenters. The summed E-state index contributed by atoms with van der Waals surface area (Å²) in [6.45, 7) is 4.89. The minimum absolute atomic E-state index is 0.0141. The number of aliphatic hydroxyl groups is 2. The van der Waals surface area contributed by atoms with Crippen LogP contribution in [0.25, 0.3) is 0 Å². The van der Waals surface area contributed by atoms with Gasteiger partial charge in [0, 0.05) is 12.8 Å². The van der Waals surface area contributed by atoms with E-state index in [1.165, 1.54) is 180 Å². The van der Waals surface area contributed by atoms with Crippen molar-refractivity contribution >= 4 is 11.9 Å². The van der Waals surface area contributed by atoms with Crippen molar-refractivity contribution in [1.29, 1.82) is 0 Å². The molecule has 59 heavy (non-hydrogen) atoms. The van der Waals surface area contributed by atoms with E-state index >= 15 is 0 Å². The summed E-state index contributed by atoms with van der Waals surface area (Å²) >= 11 is 0. The fourth-order valence-corrected chi connectivity index (χ4v) is 7.91. The summed E-state index contributed by atoms with van der Waals surface area (Å²) in [4.78, 5) is 24.4. The fourth-order valence-electron chi connectivity index (χ4n) is 7.91. The van der Waals surface area contributed by atoms with Crippen LogP contribution in [-0.2, 0) is 14.3 Å². The Hall–Kier alpha value is -1.66. The molecule has 0 bridgehead atoms. The van der Waals surface area contributed by atoms with Gasteiger partial charge in [0.2, 0.25) is 5.91 Å². The van der Waals surface area contributed by atoms with E-state index in [1.54, 1.807) is 0 Å². The first kappa shape index (κ1) is 57.3. The molecule has 0 heterocycles. The third kappa shape index (κ3) is 45.7. The van der Waals surface area contributed by atoms with Crippen LogP contribution in [0.5, 0.6) is 0 Å². The van der Waals surface area contributed by atoms with Crippen LogP contribution in [0.2, 0.25) is 0 Å². The molecule has 3 N–H and O–H groups in total. The van der Waals surface area contributed by atoms with Crippen LogP contribution in [0, 0.1) is 0 Å². The number of ether oxygens (including phenoxy) is 1. The van der Waals surface area contributed by atoms with Gasteiger partial charge in [-0.05, 0) is 70.6 Å². The van der Waals surface area contributed by atoms with Crippen LogP contribution in [0.1, 0.15) is 277 Å². The van der Waals surface area contributed by atoms with Gasteiger partial charge < -0.3 is 20.3 Å². The first-order valence-electron chi connectivity index (χ1n) is 26.1. The average Bonchev–Trinajstić information content (AvgIpc) is 3.24. The Kier molecular flexibility index (Phi) is 47.6. The van der Waals surface area contributed by atoms with E-state index in [0.717, 1.165) is 64.2 Å². The maximum absolute atomic E-state index is 12.4. The molecule has 0 aromatic rings. The molecule has 0 rings (SSSR count). The highest BCUT2D eigenvalue weighted by Crippen LogP contribution is 2.16. The van der Waals surface area contributed by atoms with E-state index in [-0.39, 0.29) is 18.5 Å². The molecule has 348 valence electrons. The van der Waals surface area contributed by atoms with Crippen molar-refractivity contribution in [3.8, 4) is 0 Å². The smallest absolute Gasteiger partial charge is 0.305 e. The summed E-state index contributed by atoms with van der Waals surface area (Å²) in [5.41, 5.74) is 0. The van der Waals surface area contributed by atoms with Crippen molar-refractivity contribution in [3.63, 3.8) is 0 Å². The molecule has 0 spiro atoms. The largest absolute Gasteiger partial charge is 0.466 e. The zero-order chi connectivity index (χ0) is 43.0. The molecule has 0 aliphatic carbocycles. The molecule has 2 atom stereocenters. The number of hydrogen-bond donors (Lipinski definition) is 3. The lowest BCUT2D eigenvalue weighted by Gasteiger charge is -2.22. The van der Waals surface area contributed by atoms with Gasteiger partial charge in [-0.2, -0.15) is 0 Å². The van der Waals surface area contributed by atoms with Gasteiger partial charge in [0.15, 0.2) is 0 Å². The second-order valence-electron chi connectivity index (χ2n) is 17.8. The number of allylic oxidation sites excluding steroid dienone is 4. The third-order valence-corrected chi connectivity index (χ3v) is 12.0. The zero-order valence-electron chi connectivity index (χ0n) is 39.5. The molecule has 1 amide bonds. The van der Waals surface area contributed by atoms with Gasteiger partial charge in [-0.15, -0.1) is 0 Å². The second-order valence-corrected chi connectivity index (χ2v) is 17.8. The lowest BCUT2D eigenvalue weighted by Crippen LogP contribution is -2.45. The van der Waals surface area contributed by atoms with Crippen LogP contribution < -0.4 is 5.32 Å². The molecule has 0 radical (unpaired) electrons. The molecule has 0 saturated carbocycles. The second kappa shape index (κ2) is 49.0. The maximum atomic E-state index is 12.4. The number of aliphatic hydroxyl groups excluding tert-OH is 2. The number of carbonyl (C=O) groups is 2. The fraction of sp³-hybridized carbons (Fsp3) is 0.887. The van der Waals surface area contributed by atoms with E-state index in [2.05, 4.69) is 43.5 Å². The topological polar surface area (TPSA) is 95.9 Å². The summed E-state index contributed by atoms with van der Waals surface area (Å²) in [6, 6.07) is -0.553. The SMILES string of the molecule is CCCC/C=C\CCCCCCCC(=O)OCCCCCCCCC/C=C\CCCCCCCC(=O)NC(CO)C(O)CCCCCCCCCCCCCCCCC. The highest BCUT2D eigenvalue weighted by atomic mass is 16.5. The first-order chi connectivity index (χ1) is 29.0. The normalized spacial score (nSPS) is 12.8. The number of esters is 1. The standard InChI is InChI=1S/C53H101NO5/c1-3-5-7-9-11-13-15-16-19-22-26-29-33-37-41-45-51(56)50(49-55)54-52(57)46-42-38-34-30-27-23-20-17-18-21-24-28-32-36-40-44-48-59-53(58)47-43-39-35-31-25-14-12-10-8-6-4-2/h10,12,17,20,50-51,55-56H,3-9,11,13-16,18-19,21-49H2,1-2H3,(H,54,57)/b12-10-,20-17-. The van der Waals surface area contributed by atoms with Crippen molar-refractivity contribution in [2.45, 2.75) is 289 Å². The van der Waals surface area contributed by atoms with E-state index in [4.69, 9.17) is 4.74 Å². The van der Waals surface area contributed by atoms with Gasteiger partial charge in [-0.1, -0.05) is 218 Å². The van der Waals surface area contributed by atoms with Gasteiger partial charge in [0.25, 0.3) is 0 Å². The van der Waals surface area contributed by atoms with Crippen molar-refractivity contribution in [3.05, 3.63) is 24.3 Å². The molecule has 0 aromatic heterocycles. The summed E-state index contributed by atoms with van der Waals surface area (Å²) in [5, 5.41) is 23.2. The predicted octanol–water partition coefficient (Wildman–Crippen LogP) is 15.5. The lowest BCUT2D eigenvalue weighted by atomic mass is 10.0. The average molecular weight is 832 g/mol. The summed E-state index contributed by atoms with van der Waals surface area (Å²) in [5.74, 6) is -0.0660. The van der Waals surface area contributed by atoms with Gasteiger partial charge in [0.1, 0.15) is 0 Å². The monoisotopic (exact) mass is 832 g/mol. The molecular weight excluding hydrogens is 731 g/mol. The third-order valence-electron chi connectivity index (χ3n) is 12.0. The molecule has 0 fully saturated rings. The number of rotatable bonds is 48. The molecule has 0 aliphatic rings. The minimum atomic E-state index is -0.674. The van der Waals surface area contributed by atoms with Crippen molar-refractivity contribution in [2.24, 2.45) is 0 Å². The van der Waals surface area contributed by atoms with Crippen LogP contribution in [0.15, 0.2) is 24.3 Å². The number of hydrogen-bond acceptors (Lipinski definition) is 5. The van der Waals surface area contributed by atoms with E-state index in [0.29, 0.717) is 25.9 Å². The Labute approximate surface area is 367 Å². The summed E-state index contributed by atoms with van der Waals surface area (Å²) in [7, 11) is 0. The van der Waals surface area contributed by atoms with Crippen molar-refractivity contribution in [2.75, 3.05) is 13.2 Å². The number of nitrogens with one attached hydrogen (secondary N) is 1. The minimum Gasteiger partial charge on any atom is -0.466 e. The quantitative estimate of drug-likeness (QED) is 0.0322. The molecule has 0 aromatic carbocycles. The highest BCUT2D eigenvalue weighted by Gasteiger charge is 2.20. The maximum Gasteiger partial charge on any atom is 0.305 e. The Bertz CT molecular complexity index is 920. The van der Waals surface area contributed by atoms with Crippen molar-refractivity contribution in [1.82, 2.24) is 5.32 Å². The van der Waals surface area contributed by atoms with Crippen LogP contribution in [0.3, 0.4) is 0 Å². The lowest BCUT2D eigenvalue weighted by molar-refractivity contribution is -0.143. The number of unbranched alkanes of at least 4 members (excludes halogenated alkanes) is 33. The summed E-state index contributed by atoms with van der Waals surface area (Å²) in [6.07, 6.45) is 57.2. The van der Waals surface area contributed by atoms with E-state index in [1.807, 2.05) is 0 Å². The van der Waals surface area contributed by atoms with Gasteiger partial charge in [-0.3, -0.25) is 9.59 Å². The summed E-state index contributed by atoms with van der Waals surface area (Å²) < 4.78 is 5.44. The van der Waals surface area contributed by atoms with Crippen LogP contribution in [-0.4, -0.2) is 47.4 Å². The molecule has 0 saturated heterocycles. The Morgan fingerprint density at radius 2 is 0.814 bits per heavy atom.